The van der Waals surface area contributed by atoms with Gasteiger partial charge in [0.1, 0.15) is 0 Å². The molecule has 0 spiro atoms. The minimum absolute atomic E-state index is 0.216. The standard InChI is InChI=1S/2C7H13NO/c1-5(2)6-3-4-8-7(6)9;1-5(2)6-3-4-7(9)8-6/h2*5-6H,3-4H2,1-2H3,(H,8,9). The van der Waals surface area contributed by atoms with Crippen LogP contribution in [0, 0.1) is 17.8 Å². The van der Waals surface area contributed by atoms with Crippen molar-refractivity contribution in [3.63, 3.8) is 0 Å². The summed E-state index contributed by atoms with van der Waals surface area (Å²) in [6.07, 6.45) is 2.77. The van der Waals surface area contributed by atoms with E-state index < -0.39 is 0 Å². The number of rotatable bonds is 2. The van der Waals surface area contributed by atoms with Crippen molar-refractivity contribution in [1.29, 1.82) is 0 Å². The number of amides is 2. The molecule has 2 unspecified atom stereocenters. The van der Waals surface area contributed by atoms with E-state index in [4.69, 9.17) is 0 Å². The Hall–Kier alpha value is -1.06. The van der Waals surface area contributed by atoms with E-state index in [9.17, 15) is 9.59 Å². The van der Waals surface area contributed by atoms with Gasteiger partial charge in [-0.05, 0) is 24.7 Å². The molecule has 4 nitrogen and oxygen atoms in total. The molecule has 0 aromatic heterocycles. The Morgan fingerprint density at radius 2 is 1.72 bits per heavy atom. The molecule has 0 bridgehead atoms. The van der Waals surface area contributed by atoms with Crippen LogP contribution < -0.4 is 10.6 Å². The Bertz CT molecular complexity index is 300. The van der Waals surface area contributed by atoms with Crippen LogP contribution in [0.3, 0.4) is 0 Å². The molecule has 104 valence electrons. The van der Waals surface area contributed by atoms with Crippen molar-refractivity contribution in [3.05, 3.63) is 0 Å². The lowest BCUT2D eigenvalue weighted by molar-refractivity contribution is -0.123. The lowest BCUT2D eigenvalue weighted by atomic mass is 9.95. The first-order chi connectivity index (χ1) is 8.41. The van der Waals surface area contributed by atoms with Crippen molar-refractivity contribution in [2.45, 2.75) is 53.0 Å². The molecule has 2 aliphatic heterocycles. The molecule has 2 aliphatic rings. The van der Waals surface area contributed by atoms with Crippen LogP contribution in [0.1, 0.15) is 47.0 Å². The Morgan fingerprint density at radius 3 is 1.94 bits per heavy atom. The summed E-state index contributed by atoms with van der Waals surface area (Å²) in [6.45, 7) is 9.33. The number of carbonyl (C=O) groups is 2. The van der Waals surface area contributed by atoms with Crippen LogP contribution in [0.2, 0.25) is 0 Å². The fraction of sp³-hybridized carbons (Fsp3) is 0.857. The van der Waals surface area contributed by atoms with Crippen molar-refractivity contribution in [2.24, 2.45) is 17.8 Å². The van der Waals surface area contributed by atoms with E-state index in [0.717, 1.165) is 25.8 Å². The Labute approximate surface area is 110 Å². The van der Waals surface area contributed by atoms with E-state index in [0.29, 0.717) is 17.9 Å². The van der Waals surface area contributed by atoms with E-state index >= 15 is 0 Å². The van der Waals surface area contributed by atoms with Gasteiger partial charge in [-0.1, -0.05) is 27.7 Å². The van der Waals surface area contributed by atoms with Crippen LogP contribution in [0.15, 0.2) is 0 Å². The van der Waals surface area contributed by atoms with E-state index in [1.807, 2.05) is 0 Å². The number of hydrogen-bond acceptors (Lipinski definition) is 2. The van der Waals surface area contributed by atoms with Crippen LogP contribution in [0.25, 0.3) is 0 Å². The molecule has 2 amide bonds. The number of hydrogen-bond donors (Lipinski definition) is 2. The summed E-state index contributed by atoms with van der Waals surface area (Å²) in [4.78, 5) is 21.6. The second-order valence-corrected chi connectivity index (χ2v) is 5.89. The predicted molar refractivity (Wildman–Crippen MR) is 72.0 cm³/mol. The monoisotopic (exact) mass is 254 g/mol. The average Bonchev–Trinajstić information content (AvgIpc) is 2.87. The summed E-state index contributed by atoms with van der Waals surface area (Å²) in [5.74, 6) is 1.84. The zero-order valence-corrected chi connectivity index (χ0v) is 12.0. The van der Waals surface area contributed by atoms with Gasteiger partial charge in [-0.2, -0.15) is 0 Å². The van der Waals surface area contributed by atoms with E-state index in [1.54, 1.807) is 0 Å². The third-order valence-corrected chi connectivity index (χ3v) is 3.73. The van der Waals surface area contributed by atoms with Gasteiger partial charge in [0.05, 0.1) is 0 Å². The molecule has 0 radical (unpaired) electrons. The molecule has 2 saturated heterocycles. The van der Waals surface area contributed by atoms with Crippen molar-refractivity contribution >= 4 is 11.8 Å². The normalized spacial score (nSPS) is 27.0. The van der Waals surface area contributed by atoms with Gasteiger partial charge in [-0.15, -0.1) is 0 Å². The first kappa shape index (κ1) is 15.0. The first-order valence-corrected chi connectivity index (χ1v) is 6.99. The molecule has 4 heteroatoms. The lowest BCUT2D eigenvalue weighted by Gasteiger charge is -2.12. The van der Waals surface area contributed by atoms with Crippen molar-refractivity contribution in [2.75, 3.05) is 6.54 Å². The summed E-state index contributed by atoms with van der Waals surface area (Å²) < 4.78 is 0. The Kier molecular flexibility index (Phi) is 5.63. The SMILES string of the molecule is CC(C)C1CCC(=O)N1.CC(C)C1CCNC1=O. The van der Waals surface area contributed by atoms with Gasteiger partial charge in [0.2, 0.25) is 11.8 Å². The zero-order valence-electron chi connectivity index (χ0n) is 12.0. The summed E-state index contributed by atoms with van der Waals surface area (Å²) in [6, 6.07) is 0.442. The van der Waals surface area contributed by atoms with E-state index in [2.05, 4.69) is 38.3 Å². The minimum Gasteiger partial charge on any atom is -0.356 e. The average molecular weight is 254 g/mol. The fourth-order valence-corrected chi connectivity index (χ4v) is 2.39. The van der Waals surface area contributed by atoms with Gasteiger partial charge in [-0.25, -0.2) is 0 Å². The van der Waals surface area contributed by atoms with E-state index in [1.165, 1.54) is 0 Å². The van der Waals surface area contributed by atoms with Gasteiger partial charge >= 0.3 is 0 Å². The largest absolute Gasteiger partial charge is 0.356 e. The van der Waals surface area contributed by atoms with Crippen molar-refractivity contribution in [1.82, 2.24) is 10.6 Å². The fourth-order valence-electron chi connectivity index (χ4n) is 2.39. The highest BCUT2D eigenvalue weighted by atomic mass is 16.2. The van der Waals surface area contributed by atoms with Gasteiger partial charge in [0.15, 0.2) is 0 Å². The third kappa shape index (κ3) is 4.31. The highest BCUT2D eigenvalue weighted by Gasteiger charge is 2.26. The molecule has 0 aliphatic carbocycles. The summed E-state index contributed by atoms with van der Waals surface area (Å²) in [5, 5.41) is 5.73. The second-order valence-electron chi connectivity index (χ2n) is 5.89. The van der Waals surface area contributed by atoms with Crippen LogP contribution in [-0.4, -0.2) is 24.4 Å². The predicted octanol–water partition coefficient (Wildman–Crippen LogP) is 1.70. The maximum atomic E-state index is 10.9. The van der Waals surface area contributed by atoms with Crippen LogP contribution in [0.4, 0.5) is 0 Å². The maximum Gasteiger partial charge on any atom is 0.223 e. The molecule has 2 atom stereocenters. The smallest absolute Gasteiger partial charge is 0.223 e. The topological polar surface area (TPSA) is 58.2 Å². The highest BCUT2D eigenvalue weighted by molar-refractivity contribution is 5.80. The summed E-state index contributed by atoms with van der Waals surface area (Å²) in [7, 11) is 0. The molecule has 2 heterocycles. The molecule has 18 heavy (non-hydrogen) atoms. The molecule has 0 saturated carbocycles. The number of carbonyl (C=O) groups excluding carboxylic acids is 2. The Balaban J connectivity index is 0.000000180. The van der Waals surface area contributed by atoms with E-state index in [-0.39, 0.29) is 17.7 Å². The first-order valence-electron chi connectivity index (χ1n) is 6.99. The molecule has 0 aromatic rings. The molecule has 2 fully saturated rings. The van der Waals surface area contributed by atoms with Crippen LogP contribution in [0.5, 0.6) is 0 Å². The van der Waals surface area contributed by atoms with Crippen molar-refractivity contribution in [3.8, 4) is 0 Å². The number of nitrogens with one attached hydrogen (secondary N) is 2. The molecule has 2 rings (SSSR count). The highest BCUT2D eigenvalue weighted by Crippen LogP contribution is 2.18. The van der Waals surface area contributed by atoms with Crippen LogP contribution >= 0.6 is 0 Å². The zero-order chi connectivity index (χ0) is 13.7. The van der Waals surface area contributed by atoms with Crippen LogP contribution in [-0.2, 0) is 9.59 Å². The maximum absolute atomic E-state index is 10.9. The summed E-state index contributed by atoms with van der Waals surface area (Å²) in [5.41, 5.74) is 0. The molecule has 2 N–H and O–H groups in total. The Morgan fingerprint density at radius 1 is 1.06 bits per heavy atom. The molecular weight excluding hydrogens is 228 g/mol. The quantitative estimate of drug-likeness (QED) is 0.788. The lowest BCUT2D eigenvalue weighted by Crippen LogP contribution is -2.29. The van der Waals surface area contributed by atoms with Crippen molar-refractivity contribution < 1.29 is 9.59 Å². The van der Waals surface area contributed by atoms with Gasteiger partial charge < -0.3 is 10.6 Å². The minimum atomic E-state index is 0.216. The van der Waals surface area contributed by atoms with Gasteiger partial charge in [0.25, 0.3) is 0 Å². The van der Waals surface area contributed by atoms with Gasteiger partial charge in [0, 0.05) is 24.9 Å². The third-order valence-electron chi connectivity index (χ3n) is 3.73. The van der Waals surface area contributed by atoms with Gasteiger partial charge in [-0.3, -0.25) is 9.59 Å². The summed E-state index contributed by atoms with van der Waals surface area (Å²) >= 11 is 0. The second kappa shape index (κ2) is 6.76. The molecular formula is C14H26N2O2. The molecule has 0 aromatic carbocycles.